The van der Waals surface area contributed by atoms with Crippen LogP contribution in [0.25, 0.3) is 0 Å². The molecule has 1 aromatic carbocycles. The number of aryl methyl sites for hydroxylation is 1. The number of carbonyl (C=O) groups excluding carboxylic acids is 2. The predicted molar refractivity (Wildman–Crippen MR) is 84.3 cm³/mol. The molecule has 0 saturated carbocycles. The molecule has 21 heavy (non-hydrogen) atoms. The van der Waals surface area contributed by atoms with Crippen LogP contribution in [0.5, 0.6) is 0 Å². The van der Waals surface area contributed by atoms with Crippen molar-refractivity contribution in [1.29, 1.82) is 0 Å². The Hall–Kier alpha value is -2.04. The van der Waals surface area contributed by atoms with Crippen molar-refractivity contribution in [1.82, 2.24) is 0 Å². The molecule has 0 aliphatic rings. The standard InChI is InChI=1S/C16H24N2O3/c1-6-7-13(19)18-14-10(2)8-11(9-12(14)17)15(20)21-16(3,4)5/h8-9H,6-7,17H2,1-5H3,(H,18,19). The van der Waals surface area contributed by atoms with Gasteiger partial charge in [-0.3, -0.25) is 4.79 Å². The molecule has 0 aliphatic heterocycles. The van der Waals surface area contributed by atoms with Crippen molar-refractivity contribution in [2.45, 2.75) is 53.1 Å². The molecule has 0 radical (unpaired) electrons. The Morgan fingerprint density at radius 3 is 2.38 bits per heavy atom. The van der Waals surface area contributed by atoms with Gasteiger partial charge in [0.05, 0.1) is 16.9 Å². The molecule has 0 heterocycles. The van der Waals surface area contributed by atoms with E-state index in [0.717, 1.165) is 12.0 Å². The number of nitrogen functional groups attached to an aromatic ring is 1. The number of nitrogens with one attached hydrogen (secondary N) is 1. The van der Waals surface area contributed by atoms with Crippen LogP contribution in [0.2, 0.25) is 0 Å². The molecule has 1 amide bonds. The van der Waals surface area contributed by atoms with Gasteiger partial charge in [0.2, 0.25) is 5.91 Å². The minimum atomic E-state index is -0.562. The van der Waals surface area contributed by atoms with E-state index in [1.165, 1.54) is 6.07 Å². The zero-order valence-corrected chi connectivity index (χ0v) is 13.4. The van der Waals surface area contributed by atoms with Crippen LogP contribution in [0.4, 0.5) is 11.4 Å². The number of ether oxygens (including phenoxy) is 1. The summed E-state index contributed by atoms with van der Waals surface area (Å²) in [6.45, 7) is 9.15. The highest BCUT2D eigenvalue weighted by atomic mass is 16.6. The highest BCUT2D eigenvalue weighted by molar-refractivity contribution is 5.98. The molecule has 1 aromatic rings. The lowest BCUT2D eigenvalue weighted by atomic mass is 10.1. The van der Waals surface area contributed by atoms with Crippen LogP contribution >= 0.6 is 0 Å². The first-order valence-corrected chi connectivity index (χ1v) is 7.07. The summed E-state index contributed by atoms with van der Waals surface area (Å²) in [5, 5.41) is 2.78. The van der Waals surface area contributed by atoms with Crippen LogP contribution in [0.3, 0.4) is 0 Å². The van der Waals surface area contributed by atoms with Gasteiger partial charge in [0.1, 0.15) is 5.60 Å². The summed E-state index contributed by atoms with van der Waals surface area (Å²) in [4.78, 5) is 23.7. The van der Waals surface area contributed by atoms with E-state index in [1.807, 2.05) is 6.92 Å². The summed E-state index contributed by atoms with van der Waals surface area (Å²) in [5.41, 5.74) is 7.42. The SMILES string of the molecule is CCCC(=O)Nc1c(C)cc(C(=O)OC(C)(C)C)cc1N. The topological polar surface area (TPSA) is 81.4 Å². The van der Waals surface area contributed by atoms with E-state index in [9.17, 15) is 9.59 Å². The van der Waals surface area contributed by atoms with Gasteiger partial charge in [-0.05, 0) is 51.8 Å². The fourth-order valence-electron chi connectivity index (χ4n) is 1.87. The summed E-state index contributed by atoms with van der Waals surface area (Å²) < 4.78 is 5.31. The summed E-state index contributed by atoms with van der Waals surface area (Å²) >= 11 is 0. The smallest absolute Gasteiger partial charge is 0.338 e. The molecule has 116 valence electrons. The van der Waals surface area contributed by atoms with Crippen molar-refractivity contribution in [2.24, 2.45) is 0 Å². The second-order valence-corrected chi connectivity index (χ2v) is 6.06. The average molecular weight is 292 g/mol. The zero-order chi connectivity index (χ0) is 16.2. The van der Waals surface area contributed by atoms with E-state index in [1.54, 1.807) is 33.8 Å². The molecule has 1 rings (SSSR count). The van der Waals surface area contributed by atoms with Crippen molar-refractivity contribution in [3.8, 4) is 0 Å². The lowest BCUT2D eigenvalue weighted by molar-refractivity contribution is -0.116. The number of hydrogen-bond donors (Lipinski definition) is 2. The molecular weight excluding hydrogens is 268 g/mol. The average Bonchev–Trinajstić information content (AvgIpc) is 2.31. The summed E-state index contributed by atoms with van der Waals surface area (Å²) in [6.07, 6.45) is 1.20. The molecule has 0 bridgehead atoms. The maximum absolute atomic E-state index is 12.0. The largest absolute Gasteiger partial charge is 0.456 e. The van der Waals surface area contributed by atoms with E-state index in [0.29, 0.717) is 23.4 Å². The van der Waals surface area contributed by atoms with E-state index >= 15 is 0 Å². The molecule has 0 aromatic heterocycles. The third-order valence-corrected chi connectivity index (χ3v) is 2.74. The van der Waals surface area contributed by atoms with Crippen LogP contribution in [0, 0.1) is 6.92 Å². The minimum absolute atomic E-state index is 0.0858. The molecule has 0 aliphatic carbocycles. The summed E-state index contributed by atoms with van der Waals surface area (Å²) in [7, 11) is 0. The van der Waals surface area contributed by atoms with Gasteiger partial charge < -0.3 is 15.8 Å². The van der Waals surface area contributed by atoms with Gasteiger partial charge in [0.15, 0.2) is 0 Å². The fourth-order valence-corrected chi connectivity index (χ4v) is 1.87. The molecule has 0 spiro atoms. The summed E-state index contributed by atoms with van der Waals surface area (Å²) in [6, 6.07) is 3.20. The van der Waals surface area contributed by atoms with E-state index < -0.39 is 11.6 Å². The molecule has 5 heteroatoms. The normalized spacial score (nSPS) is 11.1. The fraction of sp³-hybridized carbons (Fsp3) is 0.500. The number of amides is 1. The predicted octanol–water partition coefficient (Wildman–Crippen LogP) is 3.27. The van der Waals surface area contributed by atoms with Gasteiger partial charge in [-0.2, -0.15) is 0 Å². The van der Waals surface area contributed by atoms with E-state index in [-0.39, 0.29) is 5.91 Å². The van der Waals surface area contributed by atoms with Crippen molar-refractivity contribution in [3.05, 3.63) is 23.3 Å². The van der Waals surface area contributed by atoms with Crippen molar-refractivity contribution in [2.75, 3.05) is 11.1 Å². The van der Waals surface area contributed by atoms with Gasteiger partial charge >= 0.3 is 5.97 Å². The number of hydrogen-bond acceptors (Lipinski definition) is 4. The first kappa shape index (κ1) is 17.0. The van der Waals surface area contributed by atoms with Gasteiger partial charge in [-0.1, -0.05) is 6.92 Å². The molecule has 5 nitrogen and oxygen atoms in total. The number of nitrogens with two attached hydrogens (primary N) is 1. The number of rotatable bonds is 4. The first-order chi connectivity index (χ1) is 9.64. The Morgan fingerprint density at radius 2 is 1.90 bits per heavy atom. The van der Waals surface area contributed by atoms with Gasteiger partial charge in [0.25, 0.3) is 0 Å². The highest BCUT2D eigenvalue weighted by Crippen LogP contribution is 2.26. The van der Waals surface area contributed by atoms with Crippen LogP contribution in [-0.4, -0.2) is 17.5 Å². The first-order valence-electron chi connectivity index (χ1n) is 7.07. The van der Waals surface area contributed by atoms with E-state index in [4.69, 9.17) is 10.5 Å². The third kappa shape index (κ3) is 5.10. The second kappa shape index (κ2) is 6.61. The molecule has 0 saturated heterocycles. The number of benzene rings is 1. The number of esters is 1. The quantitative estimate of drug-likeness (QED) is 0.659. The highest BCUT2D eigenvalue weighted by Gasteiger charge is 2.19. The van der Waals surface area contributed by atoms with Gasteiger partial charge in [-0.15, -0.1) is 0 Å². The molecule has 0 unspecified atom stereocenters. The van der Waals surface area contributed by atoms with Crippen molar-refractivity contribution in [3.63, 3.8) is 0 Å². The number of carbonyl (C=O) groups is 2. The minimum Gasteiger partial charge on any atom is -0.456 e. The lowest BCUT2D eigenvalue weighted by Crippen LogP contribution is -2.24. The zero-order valence-electron chi connectivity index (χ0n) is 13.4. The Balaban J connectivity index is 2.99. The van der Waals surface area contributed by atoms with Crippen molar-refractivity contribution >= 4 is 23.3 Å². The maximum atomic E-state index is 12.0. The Morgan fingerprint density at radius 1 is 1.29 bits per heavy atom. The maximum Gasteiger partial charge on any atom is 0.338 e. The third-order valence-electron chi connectivity index (χ3n) is 2.74. The molecular formula is C16H24N2O3. The number of anilines is 2. The van der Waals surface area contributed by atoms with Crippen molar-refractivity contribution < 1.29 is 14.3 Å². The van der Waals surface area contributed by atoms with Crippen LogP contribution < -0.4 is 11.1 Å². The van der Waals surface area contributed by atoms with Crippen LogP contribution in [-0.2, 0) is 9.53 Å². The molecule has 3 N–H and O–H groups in total. The molecule has 0 atom stereocenters. The van der Waals surface area contributed by atoms with Gasteiger partial charge in [0, 0.05) is 6.42 Å². The van der Waals surface area contributed by atoms with Gasteiger partial charge in [-0.25, -0.2) is 4.79 Å². The Labute approximate surface area is 125 Å². The Bertz CT molecular complexity index is 522. The second-order valence-electron chi connectivity index (χ2n) is 6.06. The molecule has 0 fully saturated rings. The summed E-state index contributed by atoms with van der Waals surface area (Å²) in [5.74, 6) is -0.513. The lowest BCUT2D eigenvalue weighted by Gasteiger charge is -2.20. The Kier molecular flexibility index (Phi) is 5.35. The van der Waals surface area contributed by atoms with Crippen LogP contribution in [0.15, 0.2) is 12.1 Å². The van der Waals surface area contributed by atoms with E-state index in [2.05, 4.69) is 5.32 Å². The monoisotopic (exact) mass is 292 g/mol. The van der Waals surface area contributed by atoms with Crippen LogP contribution in [0.1, 0.15) is 56.5 Å².